The predicted octanol–water partition coefficient (Wildman–Crippen LogP) is 2.16. The van der Waals surface area contributed by atoms with Gasteiger partial charge in [-0.25, -0.2) is 0 Å². The van der Waals surface area contributed by atoms with E-state index in [4.69, 9.17) is 10.3 Å². The smallest absolute Gasteiger partial charge is 0.162 e. The molecule has 0 saturated carbocycles. The molecule has 0 fully saturated rings. The van der Waals surface area contributed by atoms with Crippen LogP contribution in [-0.2, 0) is 0 Å². The summed E-state index contributed by atoms with van der Waals surface area (Å²) in [4.78, 5) is 0. The van der Waals surface area contributed by atoms with Crippen molar-refractivity contribution in [1.82, 2.24) is 5.16 Å². The van der Waals surface area contributed by atoms with Gasteiger partial charge in [-0.1, -0.05) is 25.4 Å². The van der Waals surface area contributed by atoms with E-state index in [0.29, 0.717) is 11.6 Å². The molecule has 0 bridgehead atoms. The summed E-state index contributed by atoms with van der Waals surface area (Å²) in [5.41, 5.74) is 6.29. The third-order valence-electron chi connectivity index (χ3n) is 1.80. The van der Waals surface area contributed by atoms with E-state index in [1.54, 1.807) is 6.20 Å². The summed E-state index contributed by atoms with van der Waals surface area (Å²) in [5.74, 6) is 1.22. The molecule has 1 aromatic heterocycles. The number of rotatable bonds is 3. The molecule has 0 spiro atoms. The van der Waals surface area contributed by atoms with Gasteiger partial charge >= 0.3 is 0 Å². The monoisotopic (exact) mass is 154 g/mol. The van der Waals surface area contributed by atoms with Crippen molar-refractivity contribution in [3.8, 4) is 0 Å². The summed E-state index contributed by atoms with van der Waals surface area (Å²) in [5, 5.41) is 3.63. The SMILES string of the molecule is CCCC(C)c1oncc1N. The molecule has 1 rings (SSSR count). The van der Waals surface area contributed by atoms with Gasteiger partial charge in [-0.15, -0.1) is 0 Å². The van der Waals surface area contributed by atoms with Crippen LogP contribution in [0.3, 0.4) is 0 Å². The van der Waals surface area contributed by atoms with Crippen molar-refractivity contribution < 1.29 is 4.52 Å². The van der Waals surface area contributed by atoms with E-state index in [2.05, 4.69) is 19.0 Å². The van der Waals surface area contributed by atoms with Gasteiger partial charge in [0, 0.05) is 5.92 Å². The van der Waals surface area contributed by atoms with Gasteiger partial charge in [-0.2, -0.15) is 0 Å². The van der Waals surface area contributed by atoms with Crippen LogP contribution in [-0.4, -0.2) is 5.16 Å². The van der Waals surface area contributed by atoms with Gasteiger partial charge in [-0.05, 0) is 6.42 Å². The molecule has 0 saturated heterocycles. The molecule has 0 aromatic carbocycles. The molecule has 62 valence electrons. The number of hydrogen-bond acceptors (Lipinski definition) is 3. The van der Waals surface area contributed by atoms with Crippen LogP contribution >= 0.6 is 0 Å². The van der Waals surface area contributed by atoms with Crippen LogP contribution in [0.1, 0.15) is 38.4 Å². The lowest BCUT2D eigenvalue weighted by atomic mass is 10.0. The van der Waals surface area contributed by atoms with E-state index < -0.39 is 0 Å². The van der Waals surface area contributed by atoms with Gasteiger partial charge in [0.15, 0.2) is 5.76 Å². The van der Waals surface area contributed by atoms with Crippen LogP contribution in [0.25, 0.3) is 0 Å². The Labute approximate surface area is 66.6 Å². The van der Waals surface area contributed by atoms with Crippen LogP contribution in [0.4, 0.5) is 5.69 Å². The van der Waals surface area contributed by atoms with Gasteiger partial charge < -0.3 is 10.3 Å². The summed E-state index contributed by atoms with van der Waals surface area (Å²) in [6.07, 6.45) is 3.79. The van der Waals surface area contributed by atoms with Gasteiger partial charge in [-0.3, -0.25) is 0 Å². The third kappa shape index (κ3) is 1.73. The summed E-state index contributed by atoms with van der Waals surface area (Å²) < 4.78 is 5.00. The Bertz CT molecular complexity index is 220. The second kappa shape index (κ2) is 3.42. The molecule has 0 amide bonds. The van der Waals surface area contributed by atoms with Crippen molar-refractivity contribution in [3.05, 3.63) is 12.0 Å². The minimum Gasteiger partial charge on any atom is -0.395 e. The van der Waals surface area contributed by atoms with Gasteiger partial charge in [0.2, 0.25) is 0 Å². The minimum atomic E-state index is 0.391. The fourth-order valence-corrected chi connectivity index (χ4v) is 1.19. The second-order valence-corrected chi connectivity index (χ2v) is 2.84. The zero-order chi connectivity index (χ0) is 8.27. The van der Waals surface area contributed by atoms with Crippen molar-refractivity contribution in [1.29, 1.82) is 0 Å². The molecule has 0 radical (unpaired) electrons. The molecule has 3 nitrogen and oxygen atoms in total. The number of anilines is 1. The highest BCUT2D eigenvalue weighted by Crippen LogP contribution is 2.24. The minimum absolute atomic E-state index is 0.391. The molecule has 1 unspecified atom stereocenters. The first-order valence-electron chi connectivity index (χ1n) is 3.95. The van der Waals surface area contributed by atoms with Crippen molar-refractivity contribution in [2.45, 2.75) is 32.6 Å². The Morgan fingerprint density at radius 3 is 2.91 bits per heavy atom. The Balaban J connectivity index is 2.67. The maximum absolute atomic E-state index is 5.62. The Kier molecular flexibility index (Phi) is 2.52. The summed E-state index contributed by atoms with van der Waals surface area (Å²) in [6, 6.07) is 0. The summed E-state index contributed by atoms with van der Waals surface area (Å²) >= 11 is 0. The van der Waals surface area contributed by atoms with Gasteiger partial charge in [0.05, 0.1) is 11.9 Å². The lowest BCUT2D eigenvalue weighted by Crippen LogP contribution is -1.95. The highest BCUT2D eigenvalue weighted by molar-refractivity contribution is 5.39. The number of hydrogen-bond donors (Lipinski definition) is 1. The van der Waals surface area contributed by atoms with Gasteiger partial charge in [0.1, 0.15) is 0 Å². The molecular formula is C8H14N2O. The number of nitrogens with two attached hydrogens (primary N) is 1. The highest BCUT2D eigenvalue weighted by Gasteiger charge is 2.12. The summed E-state index contributed by atoms with van der Waals surface area (Å²) in [6.45, 7) is 4.24. The molecule has 11 heavy (non-hydrogen) atoms. The van der Waals surface area contributed by atoms with Crippen molar-refractivity contribution in [2.75, 3.05) is 5.73 Å². The number of nitrogens with zero attached hydrogens (tertiary/aromatic N) is 1. The second-order valence-electron chi connectivity index (χ2n) is 2.84. The third-order valence-corrected chi connectivity index (χ3v) is 1.80. The zero-order valence-corrected chi connectivity index (χ0v) is 7.00. The first-order valence-corrected chi connectivity index (χ1v) is 3.95. The van der Waals surface area contributed by atoms with E-state index in [-0.39, 0.29) is 0 Å². The fraction of sp³-hybridized carbons (Fsp3) is 0.625. The molecule has 1 aromatic rings. The largest absolute Gasteiger partial charge is 0.395 e. The van der Waals surface area contributed by atoms with E-state index >= 15 is 0 Å². The number of aromatic nitrogens is 1. The first kappa shape index (κ1) is 8.11. The van der Waals surface area contributed by atoms with Crippen LogP contribution < -0.4 is 5.73 Å². The summed E-state index contributed by atoms with van der Waals surface area (Å²) in [7, 11) is 0. The van der Waals surface area contributed by atoms with Crippen molar-refractivity contribution in [3.63, 3.8) is 0 Å². The van der Waals surface area contributed by atoms with E-state index in [0.717, 1.165) is 18.6 Å². The van der Waals surface area contributed by atoms with Crippen LogP contribution in [0, 0.1) is 0 Å². The lowest BCUT2D eigenvalue weighted by Gasteiger charge is -2.04. The quantitative estimate of drug-likeness (QED) is 0.725. The number of nitrogen functional groups attached to an aromatic ring is 1. The van der Waals surface area contributed by atoms with Gasteiger partial charge in [0.25, 0.3) is 0 Å². The van der Waals surface area contributed by atoms with E-state index in [1.807, 2.05) is 0 Å². The fourth-order valence-electron chi connectivity index (χ4n) is 1.19. The average Bonchev–Trinajstić information content (AvgIpc) is 2.36. The van der Waals surface area contributed by atoms with Crippen molar-refractivity contribution in [2.24, 2.45) is 0 Å². The highest BCUT2D eigenvalue weighted by atomic mass is 16.5. The Hall–Kier alpha value is -0.990. The van der Waals surface area contributed by atoms with Crippen LogP contribution in [0.2, 0.25) is 0 Å². The van der Waals surface area contributed by atoms with Crippen LogP contribution in [0.15, 0.2) is 10.7 Å². The zero-order valence-electron chi connectivity index (χ0n) is 7.00. The predicted molar refractivity (Wildman–Crippen MR) is 44.2 cm³/mol. The van der Waals surface area contributed by atoms with Crippen molar-refractivity contribution >= 4 is 5.69 Å². The van der Waals surface area contributed by atoms with E-state index in [1.165, 1.54) is 0 Å². The molecule has 0 aliphatic heterocycles. The maximum Gasteiger partial charge on any atom is 0.162 e. The molecular weight excluding hydrogens is 140 g/mol. The Morgan fingerprint density at radius 1 is 1.73 bits per heavy atom. The molecule has 1 atom stereocenters. The molecule has 3 heteroatoms. The Morgan fingerprint density at radius 2 is 2.45 bits per heavy atom. The molecule has 2 N–H and O–H groups in total. The van der Waals surface area contributed by atoms with Crippen LogP contribution in [0.5, 0.6) is 0 Å². The molecule has 0 aliphatic rings. The standard InChI is InChI=1S/C8H14N2O/c1-3-4-6(2)8-7(9)5-10-11-8/h5-6H,3-4,9H2,1-2H3. The maximum atomic E-state index is 5.62. The molecule has 1 heterocycles. The molecule has 0 aliphatic carbocycles. The average molecular weight is 154 g/mol. The topological polar surface area (TPSA) is 52.0 Å². The van der Waals surface area contributed by atoms with E-state index in [9.17, 15) is 0 Å². The normalized spacial score (nSPS) is 13.3. The first-order chi connectivity index (χ1) is 5.25. The lowest BCUT2D eigenvalue weighted by molar-refractivity contribution is 0.360.